The Kier molecular flexibility index (Phi) is 5.44. The van der Waals surface area contributed by atoms with Crippen molar-refractivity contribution in [3.63, 3.8) is 0 Å². The topological polar surface area (TPSA) is 41.1 Å². The molecule has 6 heteroatoms. The summed E-state index contributed by atoms with van der Waals surface area (Å²) < 4.78 is 37.4. The van der Waals surface area contributed by atoms with Gasteiger partial charge in [0.05, 0.1) is 12.1 Å². The molecule has 0 atom stereocenters. The molecule has 1 rings (SSSR count). The van der Waals surface area contributed by atoms with Crippen LogP contribution in [0, 0.1) is 11.8 Å². The molecule has 2 N–H and O–H groups in total. The van der Waals surface area contributed by atoms with Gasteiger partial charge in [-0.1, -0.05) is 17.9 Å². The molecular weight excluding hydrogens is 269 g/mol. The van der Waals surface area contributed by atoms with Crippen molar-refractivity contribution in [2.24, 2.45) is 0 Å². The fourth-order valence-electron chi connectivity index (χ4n) is 1.36. The largest absolute Gasteiger partial charge is 0.416 e. The monoisotopic (exact) mass is 284 g/mol. The Bertz CT molecular complexity index is 527. The van der Waals surface area contributed by atoms with Crippen LogP contribution in [0.3, 0.4) is 0 Å². The Morgan fingerprint density at radius 1 is 1.35 bits per heavy atom. The lowest BCUT2D eigenvalue weighted by atomic mass is 10.1. The highest BCUT2D eigenvalue weighted by atomic mass is 19.4. The minimum absolute atomic E-state index is 0.00595. The summed E-state index contributed by atoms with van der Waals surface area (Å²) in [6.45, 7) is 3.69. The zero-order valence-electron chi connectivity index (χ0n) is 11.1. The molecule has 108 valence electrons. The molecule has 20 heavy (non-hydrogen) atoms. The summed E-state index contributed by atoms with van der Waals surface area (Å²) in [6.07, 6.45) is -4.38. The van der Waals surface area contributed by atoms with Crippen LogP contribution < -0.4 is 10.6 Å². The molecule has 0 spiro atoms. The van der Waals surface area contributed by atoms with Crippen LogP contribution in [0.25, 0.3) is 0 Å². The molecule has 0 heterocycles. The normalized spacial score (nSPS) is 10.7. The molecular formula is C14H15F3N2O. The van der Waals surface area contributed by atoms with Gasteiger partial charge in [-0.2, -0.15) is 13.2 Å². The van der Waals surface area contributed by atoms with Gasteiger partial charge in [-0.05, 0) is 32.0 Å². The van der Waals surface area contributed by atoms with Gasteiger partial charge in [0, 0.05) is 11.6 Å². The van der Waals surface area contributed by atoms with Crippen LogP contribution in [0.5, 0.6) is 0 Å². The molecule has 0 bridgehead atoms. The van der Waals surface area contributed by atoms with Gasteiger partial charge in [0.2, 0.25) is 0 Å². The molecule has 0 aliphatic carbocycles. The number of halogens is 3. The predicted molar refractivity (Wildman–Crippen MR) is 70.0 cm³/mol. The number of nitrogens with one attached hydrogen (secondary N) is 2. The van der Waals surface area contributed by atoms with Gasteiger partial charge in [-0.3, -0.25) is 0 Å². The Balaban J connectivity index is 2.58. The first-order chi connectivity index (χ1) is 9.29. The first-order valence-electron chi connectivity index (χ1n) is 5.99. The zero-order chi connectivity index (χ0) is 15.2. The first-order valence-corrected chi connectivity index (χ1v) is 5.99. The number of rotatable bonds is 2. The number of benzene rings is 1. The molecule has 0 saturated heterocycles. The number of hydrogen-bond acceptors (Lipinski definition) is 1. The summed E-state index contributed by atoms with van der Waals surface area (Å²) in [6, 6.07) is 4.38. The average molecular weight is 284 g/mol. The highest BCUT2D eigenvalue weighted by molar-refractivity contribution is 5.74. The molecule has 0 aromatic heterocycles. The van der Waals surface area contributed by atoms with Crippen LogP contribution in [0.1, 0.15) is 25.0 Å². The Hall–Kier alpha value is -2.16. The molecule has 0 fully saturated rings. The van der Waals surface area contributed by atoms with Crippen LogP contribution in [-0.4, -0.2) is 18.6 Å². The maximum atomic E-state index is 12.5. The van der Waals surface area contributed by atoms with Crippen molar-refractivity contribution < 1.29 is 18.0 Å². The smallest absolute Gasteiger partial charge is 0.336 e. The van der Waals surface area contributed by atoms with Crippen LogP contribution in [-0.2, 0) is 6.18 Å². The summed E-state index contributed by atoms with van der Waals surface area (Å²) >= 11 is 0. The van der Waals surface area contributed by atoms with Crippen molar-refractivity contribution in [1.29, 1.82) is 0 Å². The Morgan fingerprint density at radius 3 is 2.65 bits per heavy atom. The van der Waals surface area contributed by atoms with Crippen molar-refractivity contribution in [1.82, 2.24) is 10.6 Å². The maximum absolute atomic E-state index is 12.5. The molecule has 0 saturated carbocycles. The number of carbonyl (C=O) groups is 1. The maximum Gasteiger partial charge on any atom is 0.416 e. The van der Waals surface area contributed by atoms with E-state index in [0.29, 0.717) is 0 Å². The van der Waals surface area contributed by atoms with Crippen molar-refractivity contribution in [3.8, 4) is 11.8 Å². The summed E-state index contributed by atoms with van der Waals surface area (Å²) in [5, 5.41) is 5.09. The molecule has 1 aromatic rings. The quantitative estimate of drug-likeness (QED) is 0.806. The van der Waals surface area contributed by atoms with Crippen LogP contribution in [0.4, 0.5) is 18.0 Å². The standard InChI is InChI=1S/C14H15F3N2O/c1-10(2)19-13(20)18-8-4-6-11-5-3-7-12(9-11)14(15,16)17/h3,5,7,9-10H,8H2,1-2H3,(H2,18,19,20). The Morgan fingerprint density at radius 2 is 2.05 bits per heavy atom. The second-order valence-electron chi connectivity index (χ2n) is 4.36. The molecule has 1 aromatic carbocycles. The van der Waals surface area contributed by atoms with E-state index in [1.807, 2.05) is 13.8 Å². The first kappa shape index (κ1) is 15.9. The lowest BCUT2D eigenvalue weighted by Crippen LogP contribution is -2.39. The fraction of sp³-hybridized carbons (Fsp3) is 0.357. The molecule has 0 aliphatic rings. The second kappa shape index (κ2) is 6.85. The minimum atomic E-state index is -4.38. The summed E-state index contributed by atoms with van der Waals surface area (Å²) in [7, 11) is 0. The van der Waals surface area contributed by atoms with Gasteiger partial charge in [0.15, 0.2) is 0 Å². The molecule has 0 radical (unpaired) electrons. The van der Waals surface area contributed by atoms with E-state index >= 15 is 0 Å². The number of urea groups is 1. The van der Waals surface area contributed by atoms with E-state index in [9.17, 15) is 18.0 Å². The van der Waals surface area contributed by atoms with E-state index in [1.165, 1.54) is 12.1 Å². The van der Waals surface area contributed by atoms with E-state index in [2.05, 4.69) is 22.5 Å². The lowest BCUT2D eigenvalue weighted by molar-refractivity contribution is -0.137. The van der Waals surface area contributed by atoms with Gasteiger partial charge in [-0.15, -0.1) is 0 Å². The van der Waals surface area contributed by atoms with Crippen LogP contribution >= 0.6 is 0 Å². The van der Waals surface area contributed by atoms with E-state index in [1.54, 1.807) is 0 Å². The highest BCUT2D eigenvalue weighted by Gasteiger charge is 2.30. The Labute approximate surface area is 115 Å². The summed E-state index contributed by atoms with van der Waals surface area (Å²) in [5.74, 6) is 5.17. The molecule has 3 nitrogen and oxygen atoms in total. The third kappa shape index (κ3) is 5.65. The molecule has 0 unspecified atom stereocenters. The highest BCUT2D eigenvalue weighted by Crippen LogP contribution is 2.29. The third-order valence-corrected chi connectivity index (χ3v) is 2.18. The average Bonchev–Trinajstić information content (AvgIpc) is 2.33. The summed E-state index contributed by atoms with van der Waals surface area (Å²) in [5.41, 5.74) is -0.485. The zero-order valence-corrected chi connectivity index (χ0v) is 11.1. The van der Waals surface area contributed by atoms with Crippen LogP contribution in [0.15, 0.2) is 24.3 Å². The fourth-order valence-corrected chi connectivity index (χ4v) is 1.36. The van der Waals surface area contributed by atoms with Gasteiger partial charge >= 0.3 is 12.2 Å². The number of amides is 2. The van der Waals surface area contributed by atoms with Crippen molar-refractivity contribution in [2.45, 2.75) is 26.1 Å². The summed E-state index contributed by atoms with van der Waals surface area (Å²) in [4.78, 5) is 11.2. The van der Waals surface area contributed by atoms with Gasteiger partial charge in [-0.25, -0.2) is 4.79 Å². The van der Waals surface area contributed by atoms with E-state index in [0.717, 1.165) is 12.1 Å². The minimum Gasteiger partial charge on any atom is -0.336 e. The van der Waals surface area contributed by atoms with Crippen molar-refractivity contribution in [2.75, 3.05) is 6.54 Å². The molecule has 2 amide bonds. The van der Waals surface area contributed by atoms with Crippen LogP contribution in [0.2, 0.25) is 0 Å². The lowest BCUT2D eigenvalue weighted by Gasteiger charge is -2.07. The number of hydrogen-bond donors (Lipinski definition) is 2. The number of alkyl halides is 3. The van der Waals surface area contributed by atoms with Gasteiger partial charge in [0.1, 0.15) is 0 Å². The number of carbonyl (C=O) groups excluding carboxylic acids is 1. The van der Waals surface area contributed by atoms with Gasteiger partial charge in [0.25, 0.3) is 0 Å². The van der Waals surface area contributed by atoms with E-state index < -0.39 is 11.7 Å². The molecule has 0 aliphatic heterocycles. The second-order valence-corrected chi connectivity index (χ2v) is 4.36. The SMILES string of the molecule is CC(C)NC(=O)NCC#Cc1cccc(C(F)(F)F)c1. The van der Waals surface area contributed by atoms with Crippen molar-refractivity contribution in [3.05, 3.63) is 35.4 Å². The van der Waals surface area contributed by atoms with Gasteiger partial charge < -0.3 is 10.6 Å². The van der Waals surface area contributed by atoms with E-state index in [-0.39, 0.29) is 24.2 Å². The van der Waals surface area contributed by atoms with E-state index in [4.69, 9.17) is 0 Å². The third-order valence-electron chi connectivity index (χ3n) is 2.18. The van der Waals surface area contributed by atoms with Crippen molar-refractivity contribution >= 4 is 6.03 Å². The predicted octanol–water partition coefficient (Wildman–Crippen LogP) is 2.76.